The summed E-state index contributed by atoms with van der Waals surface area (Å²) in [6.45, 7) is 0. The number of nitrogens with zero attached hydrogens (tertiary/aromatic N) is 5. The molecule has 20 heavy (non-hydrogen) atoms. The van der Waals surface area contributed by atoms with Crippen LogP contribution in [0.1, 0.15) is 10.5 Å². The van der Waals surface area contributed by atoms with Crippen LogP contribution in [0.2, 0.25) is 0 Å². The normalized spacial score (nSPS) is 10.7. The Kier molecular flexibility index (Phi) is 2.75. The monoisotopic (exact) mass is 269 g/mol. The summed E-state index contributed by atoms with van der Waals surface area (Å²) < 4.78 is 0. The molecule has 0 unspecified atom stereocenters. The van der Waals surface area contributed by atoms with Crippen LogP contribution in [0, 0.1) is 0 Å². The van der Waals surface area contributed by atoms with Gasteiger partial charge in [-0.1, -0.05) is 23.3 Å². The summed E-state index contributed by atoms with van der Waals surface area (Å²) >= 11 is 0. The highest BCUT2D eigenvalue weighted by Crippen LogP contribution is 2.20. The second kappa shape index (κ2) is 4.57. The molecule has 3 rings (SSSR count). The van der Waals surface area contributed by atoms with Crippen LogP contribution in [0.15, 0.2) is 30.3 Å². The van der Waals surface area contributed by atoms with Gasteiger partial charge in [0.1, 0.15) is 5.69 Å². The predicted molar refractivity (Wildman–Crippen MR) is 72.9 cm³/mol. The molecule has 0 bridgehead atoms. The van der Waals surface area contributed by atoms with E-state index in [1.807, 2.05) is 18.2 Å². The van der Waals surface area contributed by atoms with Crippen molar-refractivity contribution in [2.75, 3.05) is 11.1 Å². The number of carbonyl (C=O) groups excluding carboxylic acids is 1. The number of tetrazole rings is 1. The summed E-state index contributed by atoms with van der Waals surface area (Å²) in [7, 11) is 1.61. The average Bonchev–Trinajstić information content (AvgIpc) is 2.84. The first-order valence-corrected chi connectivity index (χ1v) is 5.84. The summed E-state index contributed by atoms with van der Waals surface area (Å²) in [4.78, 5) is 17.6. The van der Waals surface area contributed by atoms with Crippen LogP contribution >= 0.6 is 0 Å². The molecule has 3 N–H and O–H groups in total. The Bertz CT molecular complexity index is 795. The van der Waals surface area contributed by atoms with Gasteiger partial charge in [0.15, 0.2) is 0 Å². The molecule has 2 heterocycles. The minimum Gasteiger partial charge on any atom is -0.398 e. The lowest BCUT2D eigenvalue weighted by Gasteiger charge is -2.05. The van der Waals surface area contributed by atoms with Gasteiger partial charge in [-0.25, -0.2) is 4.98 Å². The minimum absolute atomic E-state index is 0.117. The highest BCUT2D eigenvalue weighted by molar-refractivity contribution is 6.05. The number of hydrogen-bond donors (Lipinski definition) is 2. The number of benzene rings is 1. The minimum atomic E-state index is -0.435. The lowest BCUT2D eigenvalue weighted by atomic mass is 10.1. The molecule has 0 aliphatic carbocycles. The highest BCUT2D eigenvalue weighted by Gasteiger charge is 2.13. The van der Waals surface area contributed by atoms with Crippen molar-refractivity contribution in [1.29, 1.82) is 0 Å². The fraction of sp³-hybridized carbons (Fsp3) is 0.0833. The fourth-order valence-corrected chi connectivity index (χ4v) is 1.82. The number of nitrogens with two attached hydrogens (primary N) is 1. The number of aromatic nitrogens is 5. The first-order chi connectivity index (χ1) is 9.63. The van der Waals surface area contributed by atoms with Crippen LogP contribution < -0.4 is 11.1 Å². The molecule has 1 amide bonds. The number of rotatable bonds is 2. The molecule has 8 nitrogen and oxygen atoms in total. The van der Waals surface area contributed by atoms with Gasteiger partial charge in [0.25, 0.3) is 11.9 Å². The molecule has 2 aromatic heterocycles. The van der Waals surface area contributed by atoms with Gasteiger partial charge in [-0.2, -0.15) is 4.80 Å². The number of aryl methyl sites for hydroxylation is 1. The first kappa shape index (κ1) is 12.0. The van der Waals surface area contributed by atoms with Gasteiger partial charge in [-0.3, -0.25) is 10.1 Å². The average molecular weight is 269 g/mol. The van der Waals surface area contributed by atoms with Crippen LogP contribution in [0.3, 0.4) is 0 Å². The summed E-state index contributed by atoms with van der Waals surface area (Å²) in [6.07, 6.45) is 0. The van der Waals surface area contributed by atoms with E-state index in [1.54, 1.807) is 13.1 Å². The van der Waals surface area contributed by atoms with E-state index in [0.29, 0.717) is 11.2 Å². The second-order valence-electron chi connectivity index (χ2n) is 4.17. The fourth-order valence-electron chi connectivity index (χ4n) is 1.82. The maximum Gasteiger partial charge on any atom is 0.276 e. The number of nitrogens with one attached hydrogen (secondary N) is 1. The Hall–Kier alpha value is -3.03. The van der Waals surface area contributed by atoms with Gasteiger partial charge in [-0.05, 0) is 17.3 Å². The van der Waals surface area contributed by atoms with Gasteiger partial charge in [-0.15, -0.1) is 5.10 Å². The largest absolute Gasteiger partial charge is 0.398 e. The maximum absolute atomic E-state index is 12.1. The summed E-state index contributed by atoms with van der Waals surface area (Å²) in [5.41, 5.74) is 7.28. The van der Waals surface area contributed by atoms with Crippen molar-refractivity contribution < 1.29 is 4.79 Å². The molecule has 0 atom stereocenters. The topological polar surface area (TPSA) is 112 Å². The Balaban J connectivity index is 1.95. The lowest BCUT2D eigenvalue weighted by Crippen LogP contribution is -2.15. The molecule has 8 heteroatoms. The van der Waals surface area contributed by atoms with Crippen LogP contribution in [0.5, 0.6) is 0 Å². The molecular formula is C12H11N7O. The van der Waals surface area contributed by atoms with Crippen LogP contribution in [-0.2, 0) is 7.05 Å². The summed E-state index contributed by atoms with van der Waals surface area (Å²) in [5.74, 6) is -0.318. The van der Waals surface area contributed by atoms with E-state index in [9.17, 15) is 4.79 Å². The molecular weight excluding hydrogens is 258 g/mol. The van der Waals surface area contributed by atoms with Crippen LogP contribution in [0.25, 0.3) is 10.9 Å². The molecule has 0 spiro atoms. The van der Waals surface area contributed by atoms with Crippen molar-refractivity contribution in [1.82, 2.24) is 25.2 Å². The third-order valence-electron chi connectivity index (χ3n) is 2.71. The number of anilines is 2. The number of amides is 1. The van der Waals surface area contributed by atoms with E-state index in [1.165, 1.54) is 10.9 Å². The maximum atomic E-state index is 12.1. The number of fused-ring (bicyclic) bond motifs is 1. The van der Waals surface area contributed by atoms with E-state index in [0.717, 1.165) is 5.39 Å². The Morgan fingerprint density at radius 2 is 2.15 bits per heavy atom. The molecule has 0 saturated heterocycles. The van der Waals surface area contributed by atoms with Crippen molar-refractivity contribution in [3.05, 3.63) is 36.0 Å². The number of nitrogen functional groups attached to an aromatic ring is 1. The molecule has 0 aliphatic heterocycles. The van der Waals surface area contributed by atoms with Crippen molar-refractivity contribution in [2.24, 2.45) is 7.05 Å². The SMILES string of the molecule is Cn1nnc(NC(=O)c2cc(N)c3ccccc3n2)n1. The number of para-hydroxylation sites is 1. The first-order valence-electron chi connectivity index (χ1n) is 5.84. The van der Waals surface area contributed by atoms with E-state index in [4.69, 9.17) is 5.73 Å². The molecule has 0 fully saturated rings. The van der Waals surface area contributed by atoms with Crippen LogP contribution in [0.4, 0.5) is 11.6 Å². The number of carbonyl (C=O) groups is 1. The van der Waals surface area contributed by atoms with Crippen molar-refractivity contribution in [3.8, 4) is 0 Å². The highest BCUT2D eigenvalue weighted by atomic mass is 16.2. The van der Waals surface area contributed by atoms with E-state index in [2.05, 4.69) is 25.7 Å². The lowest BCUT2D eigenvalue weighted by molar-refractivity contribution is 0.102. The van der Waals surface area contributed by atoms with Gasteiger partial charge in [0, 0.05) is 11.1 Å². The van der Waals surface area contributed by atoms with E-state index >= 15 is 0 Å². The molecule has 3 aromatic rings. The summed E-state index contributed by atoms with van der Waals surface area (Å²) in [5, 5.41) is 14.5. The number of pyridine rings is 1. The zero-order valence-corrected chi connectivity index (χ0v) is 10.6. The second-order valence-corrected chi connectivity index (χ2v) is 4.17. The Labute approximate surface area is 113 Å². The third kappa shape index (κ3) is 2.14. The summed E-state index contributed by atoms with van der Waals surface area (Å²) in [6, 6.07) is 8.87. The number of hydrogen-bond acceptors (Lipinski definition) is 6. The van der Waals surface area contributed by atoms with Crippen molar-refractivity contribution in [3.63, 3.8) is 0 Å². The third-order valence-corrected chi connectivity index (χ3v) is 2.71. The van der Waals surface area contributed by atoms with Crippen molar-refractivity contribution >= 4 is 28.4 Å². The van der Waals surface area contributed by atoms with Crippen LogP contribution in [-0.4, -0.2) is 31.1 Å². The quantitative estimate of drug-likeness (QED) is 0.704. The Morgan fingerprint density at radius 3 is 2.90 bits per heavy atom. The molecule has 0 aliphatic rings. The molecule has 100 valence electrons. The molecule has 0 radical (unpaired) electrons. The van der Waals surface area contributed by atoms with Gasteiger partial charge >= 0.3 is 0 Å². The standard InChI is InChI=1S/C12H11N7O/c1-19-17-12(16-18-19)15-11(20)10-6-8(13)7-4-2-3-5-9(7)14-10/h2-6H,1H3,(H2,13,14)(H,15,17,20). The smallest absolute Gasteiger partial charge is 0.276 e. The zero-order chi connectivity index (χ0) is 14.1. The molecule has 0 saturated carbocycles. The molecule has 1 aromatic carbocycles. The van der Waals surface area contributed by atoms with E-state index in [-0.39, 0.29) is 11.6 Å². The zero-order valence-electron chi connectivity index (χ0n) is 10.6. The van der Waals surface area contributed by atoms with Crippen molar-refractivity contribution in [2.45, 2.75) is 0 Å². The van der Waals surface area contributed by atoms with Gasteiger partial charge < -0.3 is 5.73 Å². The van der Waals surface area contributed by atoms with Gasteiger partial charge in [0.05, 0.1) is 12.6 Å². The van der Waals surface area contributed by atoms with E-state index < -0.39 is 5.91 Å². The van der Waals surface area contributed by atoms with Gasteiger partial charge in [0.2, 0.25) is 0 Å². The Morgan fingerprint density at radius 1 is 1.35 bits per heavy atom. The predicted octanol–water partition coefficient (Wildman–Crippen LogP) is 0.593.